The van der Waals surface area contributed by atoms with Crippen LogP contribution >= 0.6 is 15.9 Å². The van der Waals surface area contributed by atoms with E-state index in [2.05, 4.69) is 27.8 Å². The molecule has 2 N–H and O–H groups in total. The van der Waals surface area contributed by atoms with Crippen LogP contribution < -0.4 is 5.73 Å². The predicted molar refractivity (Wildman–Crippen MR) is 87.1 cm³/mol. The Labute approximate surface area is 133 Å². The maximum atomic E-state index is 11.0. The van der Waals surface area contributed by atoms with E-state index in [-0.39, 0.29) is 10.6 Å². The Morgan fingerprint density at radius 3 is 2.86 bits per heavy atom. The van der Waals surface area contributed by atoms with Crippen LogP contribution in [0.1, 0.15) is 31.7 Å². The lowest BCUT2D eigenvalue weighted by Gasteiger charge is -2.32. The van der Waals surface area contributed by atoms with Crippen molar-refractivity contribution >= 4 is 21.6 Å². The number of halogens is 1. The first kappa shape index (κ1) is 16.4. The van der Waals surface area contributed by atoms with Gasteiger partial charge in [-0.2, -0.15) is 0 Å². The first-order valence-corrected chi connectivity index (χ1v) is 8.23. The second-order valence-corrected chi connectivity index (χ2v) is 6.36. The highest BCUT2D eigenvalue weighted by molar-refractivity contribution is 9.10. The van der Waals surface area contributed by atoms with Gasteiger partial charge < -0.3 is 5.73 Å². The van der Waals surface area contributed by atoms with Gasteiger partial charge in [0.1, 0.15) is 0 Å². The van der Waals surface area contributed by atoms with Crippen LogP contribution in [0.15, 0.2) is 22.7 Å². The summed E-state index contributed by atoms with van der Waals surface area (Å²) in [5.41, 5.74) is 6.97. The molecule has 2 atom stereocenters. The minimum Gasteiger partial charge on any atom is -0.330 e. The van der Waals surface area contributed by atoms with Gasteiger partial charge in [-0.3, -0.25) is 15.0 Å². The number of hydrogen-bond acceptors (Lipinski definition) is 4. The van der Waals surface area contributed by atoms with Crippen molar-refractivity contribution in [3.63, 3.8) is 0 Å². The summed E-state index contributed by atoms with van der Waals surface area (Å²) in [5, 5.41) is 11.0. The van der Waals surface area contributed by atoms with Crippen LogP contribution in [0.5, 0.6) is 0 Å². The summed E-state index contributed by atoms with van der Waals surface area (Å²) in [4.78, 5) is 13.1. The molecule has 2 unspecified atom stereocenters. The zero-order valence-electron chi connectivity index (χ0n) is 12.3. The van der Waals surface area contributed by atoms with E-state index in [0.717, 1.165) is 25.2 Å². The normalized spacial score (nSPS) is 21.9. The predicted octanol–water partition coefficient (Wildman–Crippen LogP) is 3.31. The van der Waals surface area contributed by atoms with Crippen LogP contribution in [0.25, 0.3) is 0 Å². The third-order valence-corrected chi connectivity index (χ3v) is 5.34. The Morgan fingerprint density at radius 2 is 2.24 bits per heavy atom. The third-order valence-electron chi connectivity index (χ3n) is 4.43. The molecule has 1 saturated carbocycles. The molecular weight excluding hydrogens is 334 g/mol. The minimum absolute atomic E-state index is 0.130. The minimum atomic E-state index is -0.345. The second-order valence-electron chi connectivity index (χ2n) is 5.56. The maximum absolute atomic E-state index is 11.0. The van der Waals surface area contributed by atoms with Gasteiger partial charge in [-0.05, 0) is 53.3 Å². The molecule has 0 aromatic heterocycles. The number of benzene rings is 1. The molecule has 0 saturated heterocycles. The second kappa shape index (κ2) is 7.33. The summed E-state index contributed by atoms with van der Waals surface area (Å²) in [5.74, 6) is 0.544. The lowest BCUT2D eigenvalue weighted by molar-refractivity contribution is -0.385. The Kier molecular flexibility index (Phi) is 5.72. The van der Waals surface area contributed by atoms with Gasteiger partial charge in [-0.15, -0.1) is 0 Å². The Hall–Kier alpha value is -0.980. The average molecular weight is 356 g/mol. The molecule has 0 bridgehead atoms. The SMILES string of the molecule is CCN(Cc1cccc([N+](=O)[O-])c1Br)C1CCCC1CN. The van der Waals surface area contributed by atoms with E-state index < -0.39 is 0 Å². The smallest absolute Gasteiger partial charge is 0.283 e. The number of hydrogen-bond donors (Lipinski definition) is 1. The first-order valence-electron chi connectivity index (χ1n) is 7.44. The van der Waals surface area contributed by atoms with Gasteiger partial charge in [0.25, 0.3) is 5.69 Å². The van der Waals surface area contributed by atoms with Crippen LogP contribution in [-0.2, 0) is 6.54 Å². The largest absolute Gasteiger partial charge is 0.330 e. The molecule has 1 aliphatic rings. The first-order chi connectivity index (χ1) is 10.1. The van der Waals surface area contributed by atoms with Gasteiger partial charge in [0.2, 0.25) is 0 Å². The quantitative estimate of drug-likeness (QED) is 0.627. The van der Waals surface area contributed by atoms with E-state index >= 15 is 0 Å². The fraction of sp³-hybridized carbons (Fsp3) is 0.600. The molecule has 0 amide bonds. The van der Waals surface area contributed by atoms with Gasteiger partial charge in [0, 0.05) is 18.7 Å². The monoisotopic (exact) mass is 355 g/mol. The number of nitrogens with zero attached hydrogens (tertiary/aromatic N) is 2. The van der Waals surface area contributed by atoms with E-state index in [9.17, 15) is 10.1 Å². The molecule has 21 heavy (non-hydrogen) atoms. The molecule has 1 aromatic rings. The summed E-state index contributed by atoms with van der Waals surface area (Å²) in [7, 11) is 0. The van der Waals surface area contributed by atoms with Crippen LogP contribution in [0, 0.1) is 16.0 Å². The van der Waals surface area contributed by atoms with Crippen molar-refractivity contribution in [2.75, 3.05) is 13.1 Å². The van der Waals surface area contributed by atoms with Crippen molar-refractivity contribution in [3.05, 3.63) is 38.3 Å². The van der Waals surface area contributed by atoms with Crippen LogP contribution in [0.3, 0.4) is 0 Å². The highest BCUT2D eigenvalue weighted by Gasteiger charge is 2.31. The highest BCUT2D eigenvalue weighted by Crippen LogP contribution is 2.33. The van der Waals surface area contributed by atoms with Crippen LogP contribution in [-0.4, -0.2) is 29.0 Å². The standard InChI is InChI=1S/C15H22BrN3O2/c1-2-18(13-7-3-5-11(13)9-17)10-12-6-4-8-14(15(12)16)19(20)21/h4,6,8,11,13H,2-3,5,7,9-10,17H2,1H3. The zero-order valence-corrected chi connectivity index (χ0v) is 13.9. The number of nitrogens with two attached hydrogens (primary N) is 1. The Bertz CT molecular complexity index is 510. The van der Waals surface area contributed by atoms with E-state index in [0.29, 0.717) is 16.4 Å². The van der Waals surface area contributed by atoms with Crippen LogP contribution in [0.4, 0.5) is 5.69 Å². The molecule has 0 aliphatic heterocycles. The summed E-state index contributed by atoms with van der Waals surface area (Å²) in [6.07, 6.45) is 3.58. The van der Waals surface area contributed by atoms with Crippen molar-refractivity contribution in [3.8, 4) is 0 Å². The van der Waals surface area contributed by atoms with Crippen molar-refractivity contribution in [2.45, 2.75) is 38.8 Å². The van der Waals surface area contributed by atoms with Crippen LogP contribution in [0.2, 0.25) is 0 Å². The topological polar surface area (TPSA) is 72.4 Å². The number of nitro groups is 1. The zero-order chi connectivity index (χ0) is 15.4. The van der Waals surface area contributed by atoms with Gasteiger partial charge in [-0.25, -0.2) is 0 Å². The Balaban J connectivity index is 2.19. The average Bonchev–Trinajstić information content (AvgIpc) is 2.94. The van der Waals surface area contributed by atoms with Crippen molar-refractivity contribution < 1.29 is 4.92 Å². The molecule has 0 spiro atoms. The number of rotatable bonds is 6. The molecule has 116 valence electrons. The molecule has 5 nitrogen and oxygen atoms in total. The van der Waals surface area contributed by atoms with Crippen molar-refractivity contribution in [1.29, 1.82) is 0 Å². The highest BCUT2D eigenvalue weighted by atomic mass is 79.9. The Morgan fingerprint density at radius 1 is 1.48 bits per heavy atom. The molecular formula is C15H22BrN3O2. The van der Waals surface area contributed by atoms with E-state index in [1.807, 2.05) is 6.07 Å². The molecule has 1 fully saturated rings. The fourth-order valence-corrected chi connectivity index (χ4v) is 3.82. The molecule has 6 heteroatoms. The maximum Gasteiger partial charge on any atom is 0.283 e. The van der Waals surface area contributed by atoms with E-state index in [1.54, 1.807) is 6.07 Å². The number of nitro benzene ring substituents is 1. The van der Waals surface area contributed by atoms with E-state index in [4.69, 9.17) is 5.73 Å². The molecule has 0 heterocycles. The summed E-state index contributed by atoms with van der Waals surface area (Å²) >= 11 is 3.39. The lowest BCUT2D eigenvalue weighted by atomic mass is 10.0. The van der Waals surface area contributed by atoms with Gasteiger partial charge >= 0.3 is 0 Å². The summed E-state index contributed by atoms with van der Waals surface area (Å²) in [6, 6.07) is 5.72. The fourth-order valence-electron chi connectivity index (χ4n) is 3.28. The molecule has 1 aromatic carbocycles. The van der Waals surface area contributed by atoms with Crippen molar-refractivity contribution in [1.82, 2.24) is 4.90 Å². The van der Waals surface area contributed by atoms with Gasteiger partial charge in [-0.1, -0.05) is 25.5 Å². The third kappa shape index (κ3) is 3.62. The summed E-state index contributed by atoms with van der Waals surface area (Å²) < 4.78 is 0.593. The molecule has 2 rings (SSSR count). The summed E-state index contributed by atoms with van der Waals surface area (Å²) in [6.45, 7) is 4.50. The van der Waals surface area contributed by atoms with Crippen molar-refractivity contribution in [2.24, 2.45) is 11.7 Å². The van der Waals surface area contributed by atoms with E-state index in [1.165, 1.54) is 25.3 Å². The molecule has 1 aliphatic carbocycles. The van der Waals surface area contributed by atoms with Gasteiger partial charge in [0.05, 0.1) is 9.40 Å². The lowest BCUT2D eigenvalue weighted by Crippen LogP contribution is -2.39. The van der Waals surface area contributed by atoms with Gasteiger partial charge in [0.15, 0.2) is 0 Å². The molecule has 0 radical (unpaired) electrons.